The Kier molecular flexibility index (Phi) is 4.46. The van der Waals surface area contributed by atoms with Crippen LogP contribution in [0.4, 0.5) is 4.39 Å². The van der Waals surface area contributed by atoms with E-state index >= 15 is 0 Å². The number of amidine groups is 1. The molecule has 0 heterocycles. The highest BCUT2D eigenvalue weighted by Crippen LogP contribution is 2.30. The second-order valence-corrected chi connectivity index (χ2v) is 5.13. The molecule has 0 spiro atoms. The van der Waals surface area contributed by atoms with Crippen LogP contribution in [-0.4, -0.2) is 11.0 Å². The fraction of sp³-hybridized carbons (Fsp3) is 0. The standard InChI is InChI=1S/C13H9BrClFN2O2/c14-7-1-4-11(16)12(5-7)20-8-2-3-9(10(15)6-8)13(17)18-19/h1-6,19H,(H2,17,18). The minimum absolute atomic E-state index is 0.0620. The Morgan fingerprint density at radius 3 is 2.70 bits per heavy atom. The molecule has 0 bridgehead atoms. The number of hydrogen-bond donors (Lipinski definition) is 2. The molecule has 2 aromatic carbocycles. The lowest BCUT2D eigenvalue weighted by atomic mass is 10.2. The van der Waals surface area contributed by atoms with Gasteiger partial charge in [-0.1, -0.05) is 32.7 Å². The zero-order chi connectivity index (χ0) is 14.7. The minimum Gasteiger partial charge on any atom is -0.454 e. The fourth-order valence-corrected chi connectivity index (χ4v) is 2.11. The van der Waals surface area contributed by atoms with Crippen molar-refractivity contribution in [1.82, 2.24) is 0 Å². The predicted octanol–water partition coefficient (Wildman–Crippen LogP) is 4.13. The minimum atomic E-state index is -0.496. The van der Waals surface area contributed by atoms with E-state index in [0.29, 0.717) is 15.8 Å². The molecule has 4 nitrogen and oxygen atoms in total. The lowest BCUT2D eigenvalue weighted by molar-refractivity contribution is 0.318. The normalized spacial score (nSPS) is 11.4. The Labute approximate surface area is 127 Å². The first-order valence-corrected chi connectivity index (χ1v) is 6.58. The number of nitrogens with two attached hydrogens (primary N) is 1. The quantitative estimate of drug-likeness (QED) is 0.375. The van der Waals surface area contributed by atoms with Gasteiger partial charge in [0.15, 0.2) is 17.4 Å². The van der Waals surface area contributed by atoms with Crippen LogP contribution in [0.1, 0.15) is 5.56 Å². The molecule has 0 saturated carbocycles. The summed E-state index contributed by atoms with van der Waals surface area (Å²) in [4.78, 5) is 0. The van der Waals surface area contributed by atoms with E-state index in [1.54, 1.807) is 12.1 Å². The number of benzene rings is 2. The van der Waals surface area contributed by atoms with Crippen molar-refractivity contribution in [3.63, 3.8) is 0 Å². The van der Waals surface area contributed by atoms with Crippen LogP contribution in [-0.2, 0) is 0 Å². The van der Waals surface area contributed by atoms with Gasteiger partial charge in [-0.3, -0.25) is 0 Å². The second kappa shape index (κ2) is 6.11. The maximum Gasteiger partial charge on any atom is 0.171 e. The highest BCUT2D eigenvalue weighted by molar-refractivity contribution is 9.10. The third-order valence-corrected chi connectivity index (χ3v) is 3.25. The molecule has 0 atom stereocenters. The maximum absolute atomic E-state index is 13.6. The summed E-state index contributed by atoms with van der Waals surface area (Å²) in [5, 5.41) is 11.7. The van der Waals surface area contributed by atoms with Crippen LogP contribution in [0.5, 0.6) is 11.5 Å². The van der Waals surface area contributed by atoms with E-state index in [2.05, 4.69) is 21.1 Å². The second-order valence-electron chi connectivity index (χ2n) is 3.80. The van der Waals surface area contributed by atoms with Crippen LogP contribution in [0, 0.1) is 5.82 Å². The van der Waals surface area contributed by atoms with Crippen LogP contribution >= 0.6 is 27.5 Å². The van der Waals surface area contributed by atoms with Gasteiger partial charge >= 0.3 is 0 Å². The van der Waals surface area contributed by atoms with Gasteiger partial charge in [0, 0.05) is 16.1 Å². The molecular weight excluding hydrogens is 351 g/mol. The molecule has 104 valence electrons. The van der Waals surface area contributed by atoms with Crippen molar-refractivity contribution in [2.45, 2.75) is 0 Å². The Morgan fingerprint density at radius 1 is 1.30 bits per heavy atom. The van der Waals surface area contributed by atoms with E-state index in [1.165, 1.54) is 24.3 Å². The lowest BCUT2D eigenvalue weighted by Crippen LogP contribution is -2.13. The fourth-order valence-electron chi connectivity index (χ4n) is 1.50. The van der Waals surface area contributed by atoms with Gasteiger partial charge in [-0.2, -0.15) is 0 Å². The van der Waals surface area contributed by atoms with Crippen LogP contribution in [0.25, 0.3) is 0 Å². The van der Waals surface area contributed by atoms with Crippen LogP contribution in [0.15, 0.2) is 46.0 Å². The number of ether oxygens (including phenoxy) is 1. The molecule has 0 radical (unpaired) electrons. The van der Waals surface area contributed by atoms with E-state index in [0.717, 1.165) is 0 Å². The largest absolute Gasteiger partial charge is 0.454 e. The first-order chi connectivity index (χ1) is 9.51. The summed E-state index contributed by atoms with van der Waals surface area (Å²) in [5.41, 5.74) is 5.81. The molecule has 0 aliphatic heterocycles. The van der Waals surface area contributed by atoms with Crippen molar-refractivity contribution in [3.05, 3.63) is 57.3 Å². The Bertz CT molecular complexity index is 679. The maximum atomic E-state index is 13.6. The first kappa shape index (κ1) is 14.6. The molecule has 0 amide bonds. The summed E-state index contributed by atoms with van der Waals surface area (Å²) in [6, 6.07) is 8.86. The molecule has 0 unspecified atom stereocenters. The molecule has 0 fully saturated rings. The molecule has 7 heteroatoms. The van der Waals surface area contributed by atoms with Crippen LogP contribution in [0.2, 0.25) is 5.02 Å². The average molecular weight is 360 g/mol. The van der Waals surface area contributed by atoms with Crippen LogP contribution < -0.4 is 10.5 Å². The van der Waals surface area contributed by atoms with Gasteiger partial charge in [0.05, 0.1) is 5.02 Å². The van der Waals surface area contributed by atoms with Crippen molar-refractivity contribution in [2.75, 3.05) is 0 Å². The van der Waals surface area contributed by atoms with E-state index in [9.17, 15) is 4.39 Å². The number of nitrogens with zero attached hydrogens (tertiary/aromatic N) is 1. The van der Waals surface area contributed by atoms with Gasteiger partial charge in [-0.15, -0.1) is 0 Å². The monoisotopic (exact) mass is 358 g/mol. The molecule has 2 aromatic rings. The average Bonchev–Trinajstić information content (AvgIpc) is 2.42. The Balaban J connectivity index is 2.31. The highest BCUT2D eigenvalue weighted by Gasteiger charge is 2.10. The van der Waals surface area contributed by atoms with Crippen molar-refractivity contribution < 1.29 is 14.3 Å². The molecule has 0 aromatic heterocycles. The first-order valence-electron chi connectivity index (χ1n) is 5.41. The van der Waals surface area contributed by atoms with Gasteiger partial charge in [0.1, 0.15) is 5.75 Å². The molecule has 20 heavy (non-hydrogen) atoms. The Hall–Kier alpha value is -1.79. The van der Waals surface area contributed by atoms with E-state index in [-0.39, 0.29) is 16.6 Å². The summed E-state index contributed by atoms with van der Waals surface area (Å²) in [6.45, 7) is 0. The lowest BCUT2D eigenvalue weighted by Gasteiger charge is -2.09. The van der Waals surface area contributed by atoms with Gasteiger partial charge in [-0.25, -0.2) is 4.39 Å². The van der Waals surface area contributed by atoms with Crippen molar-refractivity contribution in [1.29, 1.82) is 0 Å². The van der Waals surface area contributed by atoms with Crippen LogP contribution in [0.3, 0.4) is 0 Å². The summed E-state index contributed by atoms with van der Waals surface area (Å²) >= 11 is 9.22. The van der Waals surface area contributed by atoms with E-state index in [1.807, 2.05) is 0 Å². The zero-order valence-corrected chi connectivity index (χ0v) is 12.3. The van der Waals surface area contributed by atoms with Gasteiger partial charge in [0.25, 0.3) is 0 Å². The highest BCUT2D eigenvalue weighted by atomic mass is 79.9. The van der Waals surface area contributed by atoms with Crippen molar-refractivity contribution in [2.24, 2.45) is 10.9 Å². The smallest absolute Gasteiger partial charge is 0.171 e. The van der Waals surface area contributed by atoms with Crippen molar-refractivity contribution in [3.8, 4) is 11.5 Å². The number of oxime groups is 1. The topological polar surface area (TPSA) is 67.8 Å². The number of hydrogen-bond acceptors (Lipinski definition) is 3. The van der Waals surface area contributed by atoms with E-state index in [4.69, 9.17) is 27.3 Å². The molecule has 0 aliphatic carbocycles. The molecule has 0 saturated heterocycles. The molecular formula is C13H9BrClFN2O2. The summed E-state index contributed by atoms with van der Waals surface area (Å²) in [5.74, 6) is -0.214. The van der Waals surface area contributed by atoms with E-state index < -0.39 is 5.82 Å². The SMILES string of the molecule is N/C(=N/O)c1ccc(Oc2cc(Br)ccc2F)cc1Cl. The number of rotatable bonds is 3. The predicted molar refractivity (Wildman–Crippen MR) is 78.1 cm³/mol. The van der Waals surface area contributed by atoms with Gasteiger partial charge < -0.3 is 15.7 Å². The zero-order valence-electron chi connectivity index (χ0n) is 9.98. The third kappa shape index (κ3) is 3.20. The summed E-state index contributed by atoms with van der Waals surface area (Å²) < 4.78 is 19.7. The van der Waals surface area contributed by atoms with Gasteiger partial charge in [-0.05, 0) is 30.3 Å². The Morgan fingerprint density at radius 2 is 2.05 bits per heavy atom. The third-order valence-electron chi connectivity index (χ3n) is 2.45. The van der Waals surface area contributed by atoms with Gasteiger partial charge in [0.2, 0.25) is 0 Å². The summed E-state index contributed by atoms with van der Waals surface area (Å²) in [7, 11) is 0. The summed E-state index contributed by atoms with van der Waals surface area (Å²) in [6.07, 6.45) is 0. The van der Waals surface area contributed by atoms with Crippen molar-refractivity contribution >= 4 is 33.4 Å². The number of halogens is 3. The molecule has 0 aliphatic rings. The molecule has 3 N–H and O–H groups in total. The molecule has 2 rings (SSSR count).